The number of hydrogen-bond acceptors (Lipinski definition) is 5. The van der Waals surface area contributed by atoms with Crippen molar-refractivity contribution in [3.63, 3.8) is 0 Å². The van der Waals surface area contributed by atoms with Gasteiger partial charge in [-0.3, -0.25) is 14.4 Å². The van der Waals surface area contributed by atoms with Gasteiger partial charge in [0.1, 0.15) is 24.8 Å². The van der Waals surface area contributed by atoms with Crippen LogP contribution in [0.15, 0.2) is 43.0 Å². The summed E-state index contributed by atoms with van der Waals surface area (Å²) < 4.78 is 7.37. The molecule has 40 heavy (non-hydrogen) atoms. The number of rotatable bonds is 5. The molecule has 1 saturated carbocycles. The molecule has 3 fully saturated rings. The lowest BCUT2D eigenvalue weighted by atomic mass is 9.78. The number of nitrogens with one attached hydrogen (secondary N) is 1. The van der Waals surface area contributed by atoms with Gasteiger partial charge in [0.15, 0.2) is 5.78 Å². The molecule has 3 heterocycles. The van der Waals surface area contributed by atoms with Gasteiger partial charge in [0.25, 0.3) is 5.91 Å². The zero-order valence-electron chi connectivity index (χ0n) is 21.6. The molecule has 2 aliphatic heterocycles. The molecule has 2 saturated heterocycles. The van der Waals surface area contributed by atoms with E-state index in [1.807, 2.05) is 10.6 Å². The summed E-state index contributed by atoms with van der Waals surface area (Å²) >= 11 is 6.43. The predicted molar refractivity (Wildman–Crippen MR) is 184 cm³/mol. The Labute approximate surface area is 276 Å². The number of Topliss-reactive ketones (excluding diaryl/α,β-unsaturated/α-hetero) is 1. The second-order valence-corrected chi connectivity index (χ2v) is 10.2. The summed E-state index contributed by atoms with van der Waals surface area (Å²) in [4.78, 5) is 45.2. The normalized spacial score (nSPS) is 25.2. The van der Waals surface area contributed by atoms with E-state index in [2.05, 4.69) is 17.2 Å². The van der Waals surface area contributed by atoms with Crippen LogP contribution >= 0.6 is 79.1 Å². The number of carbonyl (C=O) groups is 3. The topological polar surface area (TPSA) is 93.5 Å². The molecular weight excluding hydrogens is 628 g/mol. The van der Waals surface area contributed by atoms with E-state index in [0.29, 0.717) is 11.5 Å². The third-order valence-electron chi connectivity index (χ3n) is 7.40. The summed E-state index contributed by atoms with van der Waals surface area (Å²) in [6.07, 6.45) is 8.38. The average Bonchev–Trinajstić information content (AvgIpc) is 3.58. The van der Waals surface area contributed by atoms with Crippen LogP contribution in [0.3, 0.4) is 0 Å². The van der Waals surface area contributed by atoms with E-state index in [-0.39, 0.29) is 112 Å². The van der Waals surface area contributed by atoms with Crippen LogP contribution in [0.4, 0.5) is 0 Å². The van der Waals surface area contributed by atoms with Crippen molar-refractivity contribution in [2.24, 2.45) is 11.8 Å². The molecule has 1 N–H and O–H groups in total. The number of halogens is 1. The van der Waals surface area contributed by atoms with E-state index in [0.717, 1.165) is 31.4 Å². The van der Waals surface area contributed by atoms with Gasteiger partial charge < -0.3 is 19.5 Å². The summed E-state index contributed by atoms with van der Waals surface area (Å²) in [5.74, 6) is -0.0730. The van der Waals surface area contributed by atoms with Crippen molar-refractivity contribution < 1.29 is 19.1 Å². The van der Waals surface area contributed by atoms with Gasteiger partial charge in [0.05, 0.1) is 11.7 Å². The first-order valence-corrected chi connectivity index (χ1v) is 12.3. The molecule has 228 valence electrons. The SMILES string of the molecule is C.CC1CCC([C@H](NC(=O)c2cccc(-n3ccnc3)c2)C(=O)N2C[C@H](Cl)[C@H]3OCC(=O)[C@H]32)CC1.S.S.S.S.S. The minimum absolute atomic E-state index is 0. The number of hydrogen-bond donors (Lipinski definition) is 1. The third kappa shape index (κ3) is 8.54. The largest absolute Gasteiger partial charge is 0.366 e. The van der Waals surface area contributed by atoms with E-state index < -0.39 is 23.6 Å². The number of carbonyl (C=O) groups excluding carboxylic acids is 3. The van der Waals surface area contributed by atoms with Crippen molar-refractivity contribution in [2.45, 2.75) is 63.6 Å². The molecule has 2 amide bonds. The monoisotopic (exact) mass is 670 g/mol. The molecule has 5 rings (SSSR count). The molecule has 1 aliphatic carbocycles. The van der Waals surface area contributed by atoms with Crippen LogP contribution in [0, 0.1) is 11.8 Å². The number of benzene rings is 1. The molecule has 8 nitrogen and oxygen atoms in total. The Kier molecular flexibility index (Phi) is 18.4. The first kappa shape index (κ1) is 41.2. The standard InChI is InChI=1S/C25H29ClN4O4.CH4.5H2S/c1-15-5-7-16(8-6-15)21(25(33)30-12-19(26)23-22(30)20(31)13-34-23)28-24(32)17-3-2-4-18(11-17)29-10-9-27-14-29;;;;;;/h2-4,9-11,14-16,19,21-23H,5-8,12-13H2,1H3,(H,28,32);1H4;5*1H2/t15?,16?,19-,21-,22+,23+;;;;;;/m0....../s1. The van der Waals surface area contributed by atoms with Gasteiger partial charge >= 0.3 is 0 Å². The highest BCUT2D eigenvalue weighted by atomic mass is 35.5. The van der Waals surface area contributed by atoms with E-state index >= 15 is 0 Å². The lowest BCUT2D eigenvalue weighted by Crippen LogP contribution is -2.55. The van der Waals surface area contributed by atoms with Gasteiger partial charge in [-0.15, -0.1) is 11.6 Å². The van der Waals surface area contributed by atoms with Gasteiger partial charge in [-0.2, -0.15) is 67.5 Å². The molecule has 0 unspecified atom stereocenters. The maximum atomic E-state index is 13.8. The fourth-order valence-corrected chi connectivity index (χ4v) is 5.81. The molecule has 0 spiro atoms. The summed E-state index contributed by atoms with van der Waals surface area (Å²) in [6, 6.07) is 5.82. The maximum Gasteiger partial charge on any atom is 0.252 e. The third-order valence-corrected chi connectivity index (χ3v) is 7.79. The molecule has 0 bridgehead atoms. The molecule has 14 heteroatoms. The van der Waals surface area contributed by atoms with Gasteiger partial charge in [0, 0.05) is 30.2 Å². The maximum absolute atomic E-state index is 13.8. The Morgan fingerprint density at radius 1 is 1.10 bits per heavy atom. The van der Waals surface area contributed by atoms with E-state index in [1.54, 1.807) is 41.8 Å². The molecule has 1 aromatic heterocycles. The van der Waals surface area contributed by atoms with Gasteiger partial charge in [0.2, 0.25) is 5.91 Å². The number of fused-ring (bicyclic) bond motifs is 1. The van der Waals surface area contributed by atoms with Crippen molar-refractivity contribution in [2.75, 3.05) is 13.2 Å². The number of nitrogens with zero attached hydrogens (tertiary/aromatic N) is 3. The van der Waals surface area contributed by atoms with Gasteiger partial charge in [-0.1, -0.05) is 33.3 Å². The van der Waals surface area contributed by atoms with Crippen molar-refractivity contribution in [3.8, 4) is 5.69 Å². The number of ether oxygens (including phenoxy) is 1. The summed E-state index contributed by atoms with van der Waals surface area (Å²) in [6.45, 7) is 2.43. The number of ketones is 1. The number of alkyl halides is 1. The highest BCUT2D eigenvalue weighted by Gasteiger charge is 2.53. The number of aromatic nitrogens is 2. The predicted octanol–water partition coefficient (Wildman–Crippen LogP) is 3.78. The minimum atomic E-state index is -0.715. The van der Waals surface area contributed by atoms with Crippen LogP contribution in [-0.4, -0.2) is 68.8 Å². The quantitative estimate of drug-likeness (QED) is 0.489. The van der Waals surface area contributed by atoms with E-state index in [4.69, 9.17) is 16.3 Å². The van der Waals surface area contributed by atoms with E-state index in [1.165, 1.54) is 0 Å². The lowest BCUT2D eigenvalue weighted by Gasteiger charge is -2.35. The zero-order chi connectivity index (χ0) is 23.8. The Morgan fingerprint density at radius 2 is 1.77 bits per heavy atom. The molecule has 3 aliphatic rings. The van der Waals surface area contributed by atoms with Crippen LogP contribution < -0.4 is 5.32 Å². The summed E-state index contributed by atoms with van der Waals surface area (Å²) in [7, 11) is 0. The van der Waals surface area contributed by atoms with Gasteiger partial charge in [-0.25, -0.2) is 4.98 Å². The molecule has 4 atom stereocenters. The van der Waals surface area contributed by atoms with Crippen LogP contribution in [0.5, 0.6) is 0 Å². The van der Waals surface area contributed by atoms with Crippen molar-refractivity contribution in [1.29, 1.82) is 0 Å². The second-order valence-electron chi connectivity index (χ2n) is 9.68. The molecule has 2 aromatic rings. The number of imidazole rings is 1. The Morgan fingerprint density at radius 3 is 2.40 bits per heavy atom. The fraction of sp³-hybridized carbons (Fsp3) is 0.538. The molecule has 1 aromatic carbocycles. The Balaban J connectivity index is 0. The highest BCUT2D eigenvalue weighted by Crippen LogP contribution is 2.35. The first-order valence-electron chi connectivity index (χ1n) is 11.9. The summed E-state index contributed by atoms with van der Waals surface area (Å²) in [5, 5.41) is 2.59. The minimum Gasteiger partial charge on any atom is -0.366 e. The second kappa shape index (κ2) is 17.9. The Hall–Kier alpha value is -0.960. The van der Waals surface area contributed by atoms with Crippen molar-refractivity contribution in [3.05, 3.63) is 48.5 Å². The summed E-state index contributed by atoms with van der Waals surface area (Å²) in [5.41, 5.74) is 1.27. The van der Waals surface area contributed by atoms with E-state index in [9.17, 15) is 14.4 Å². The van der Waals surface area contributed by atoms with Crippen LogP contribution in [0.1, 0.15) is 50.4 Å². The first-order chi connectivity index (χ1) is 16.4. The van der Waals surface area contributed by atoms with Crippen LogP contribution in [-0.2, 0) is 14.3 Å². The Bertz CT molecular complexity index is 1090. The van der Waals surface area contributed by atoms with Gasteiger partial charge in [-0.05, 0) is 42.9 Å². The molecular formula is C26H43ClN4O4S5. The van der Waals surface area contributed by atoms with Crippen molar-refractivity contribution >= 4 is 96.7 Å². The highest BCUT2D eigenvalue weighted by molar-refractivity contribution is 7.60. The smallest absolute Gasteiger partial charge is 0.252 e. The molecule has 0 radical (unpaired) electrons. The zero-order valence-corrected chi connectivity index (χ0v) is 27.4. The van der Waals surface area contributed by atoms with Crippen LogP contribution in [0.2, 0.25) is 0 Å². The lowest BCUT2D eigenvalue weighted by molar-refractivity contribution is -0.139. The number of likely N-dealkylation sites (tertiary alicyclic amines) is 1. The number of amides is 2. The van der Waals surface area contributed by atoms with Crippen LogP contribution in [0.25, 0.3) is 5.69 Å². The average molecular weight is 671 g/mol. The fourth-order valence-electron chi connectivity index (χ4n) is 5.45. The van der Waals surface area contributed by atoms with Crippen molar-refractivity contribution in [1.82, 2.24) is 19.8 Å².